The van der Waals surface area contributed by atoms with Gasteiger partial charge in [-0.1, -0.05) is 18.0 Å². The fourth-order valence-corrected chi connectivity index (χ4v) is 2.97. The zero-order valence-corrected chi connectivity index (χ0v) is 10.9. The molecule has 4 nitrogen and oxygen atoms in total. The second-order valence-corrected chi connectivity index (χ2v) is 6.51. The highest BCUT2D eigenvalue weighted by Crippen LogP contribution is 2.26. The van der Waals surface area contributed by atoms with Crippen LogP contribution in [-0.2, 0) is 10.0 Å². The second kappa shape index (κ2) is 4.84. The van der Waals surface area contributed by atoms with Crippen LogP contribution in [0.4, 0.5) is 5.69 Å². The van der Waals surface area contributed by atoms with Crippen LogP contribution in [0, 0.1) is 5.92 Å². The normalized spacial score (nSPS) is 16.8. The van der Waals surface area contributed by atoms with Crippen LogP contribution in [0.2, 0.25) is 5.02 Å². The maximum absolute atomic E-state index is 11.9. The van der Waals surface area contributed by atoms with Gasteiger partial charge in [-0.2, -0.15) is 0 Å². The van der Waals surface area contributed by atoms with E-state index in [2.05, 4.69) is 4.72 Å². The number of nitrogens with two attached hydrogens (primary N) is 1. The van der Waals surface area contributed by atoms with Gasteiger partial charge in [-0.3, -0.25) is 0 Å². The molecule has 0 amide bonds. The third-order valence-electron chi connectivity index (χ3n) is 3.06. The summed E-state index contributed by atoms with van der Waals surface area (Å²) in [5.74, 6) is 0.481. The molecule has 17 heavy (non-hydrogen) atoms. The Morgan fingerprint density at radius 3 is 2.65 bits per heavy atom. The number of hydrogen-bond acceptors (Lipinski definition) is 3. The molecule has 0 unspecified atom stereocenters. The molecule has 1 fully saturated rings. The predicted octanol–water partition coefficient (Wildman–Crippen LogP) is 2.00. The average molecular weight is 275 g/mol. The molecular formula is C11H15ClN2O2S. The van der Waals surface area contributed by atoms with Crippen molar-refractivity contribution < 1.29 is 8.42 Å². The van der Waals surface area contributed by atoms with Gasteiger partial charge < -0.3 is 5.73 Å². The Labute approximate surface area is 106 Å². The Morgan fingerprint density at radius 1 is 1.41 bits per heavy atom. The summed E-state index contributed by atoms with van der Waals surface area (Å²) in [6, 6.07) is 4.34. The van der Waals surface area contributed by atoms with Crippen molar-refractivity contribution in [1.82, 2.24) is 4.72 Å². The zero-order valence-electron chi connectivity index (χ0n) is 9.32. The minimum Gasteiger partial charge on any atom is -0.397 e. The lowest BCUT2D eigenvalue weighted by Crippen LogP contribution is -2.32. The summed E-state index contributed by atoms with van der Waals surface area (Å²) in [5.41, 5.74) is 5.86. The van der Waals surface area contributed by atoms with Gasteiger partial charge in [0.15, 0.2) is 0 Å². The van der Waals surface area contributed by atoms with Crippen LogP contribution in [0.5, 0.6) is 0 Å². The molecule has 1 aliphatic carbocycles. The van der Waals surface area contributed by atoms with E-state index in [0.717, 1.165) is 12.8 Å². The summed E-state index contributed by atoms with van der Waals surface area (Å²) < 4.78 is 26.5. The molecule has 1 aromatic rings. The summed E-state index contributed by atoms with van der Waals surface area (Å²) in [4.78, 5) is 0.165. The minimum absolute atomic E-state index is 0.165. The lowest BCUT2D eigenvalue weighted by atomic mass is 9.86. The summed E-state index contributed by atoms with van der Waals surface area (Å²) in [5, 5.41) is 0.364. The Balaban J connectivity index is 2.10. The molecule has 1 saturated carbocycles. The lowest BCUT2D eigenvalue weighted by Gasteiger charge is -2.25. The predicted molar refractivity (Wildman–Crippen MR) is 68.4 cm³/mol. The van der Waals surface area contributed by atoms with Crippen LogP contribution < -0.4 is 10.5 Å². The Morgan fingerprint density at radius 2 is 2.12 bits per heavy atom. The van der Waals surface area contributed by atoms with Crippen molar-refractivity contribution in [3.8, 4) is 0 Å². The van der Waals surface area contributed by atoms with Gasteiger partial charge in [0.2, 0.25) is 10.0 Å². The van der Waals surface area contributed by atoms with E-state index in [9.17, 15) is 8.42 Å². The maximum atomic E-state index is 11.9. The number of benzene rings is 1. The first-order valence-electron chi connectivity index (χ1n) is 5.54. The van der Waals surface area contributed by atoms with Gasteiger partial charge in [-0.05, 0) is 37.0 Å². The van der Waals surface area contributed by atoms with Gasteiger partial charge >= 0.3 is 0 Å². The van der Waals surface area contributed by atoms with Crippen molar-refractivity contribution in [2.45, 2.75) is 24.2 Å². The van der Waals surface area contributed by atoms with Gasteiger partial charge in [-0.25, -0.2) is 13.1 Å². The van der Waals surface area contributed by atoms with Crippen LogP contribution in [0.15, 0.2) is 23.1 Å². The van der Waals surface area contributed by atoms with Crippen molar-refractivity contribution in [1.29, 1.82) is 0 Å². The molecule has 6 heteroatoms. The molecule has 1 aromatic carbocycles. The van der Waals surface area contributed by atoms with Gasteiger partial charge in [-0.15, -0.1) is 0 Å². The number of rotatable bonds is 4. The average Bonchev–Trinajstić information content (AvgIpc) is 2.19. The minimum atomic E-state index is -3.46. The van der Waals surface area contributed by atoms with E-state index >= 15 is 0 Å². The molecule has 0 aromatic heterocycles. The van der Waals surface area contributed by atoms with Crippen molar-refractivity contribution in [2.75, 3.05) is 12.3 Å². The number of hydrogen-bond donors (Lipinski definition) is 2. The maximum Gasteiger partial charge on any atom is 0.240 e. The lowest BCUT2D eigenvalue weighted by molar-refractivity contribution is 0.316. The molecule has 94 valence electrons. The summed E-state index contributed by atoms with van der Waals surface area (Å²) in [6.45, 7) is 0.505. The quantitative estimate of drug-likeness (QED) is 0.825. The SMILES string of the molecule is Nc1cc(S(=O)(=O)NCC2CCC2)ccc1Cl. The molecule has 1 aliphatic rings. The largest absolute Gasteiger partial charge is 0.397 e. The number of anilines is 1. The summed E-state index contributed by atoms with van der Waals surface area (Å²) >= 11 is 5.75. The molecule has 0 aliphatic heterocycles. The van der Waals surface area contributed by atoms with Gasteiger partial charge in [0.05, 0.1) is 15.6 Å². The van der Waals surface area contributed by atoms with Crippen LogP contribution in [0.3, 0.4) is 0 Å². The number of sulfonamides is 1. The highest BCUT2D eigenvalue weighted by molar-refractivity contribution is 7.89. The van der Waals surface area contributed by atoms with Crippen molar-refractivity contribution in [3.05, 3.63) is 23.2 Å². The first kappa shape index (κ1) is 12.7. The molecule has 0 atom stereocenters. The highest BCUT2D eigenvalue weighted by atomic mass is 35.5. The number of nitrogens with one attached hydrogen (secondary N) is 1. The third-order valence-corrected chi connectivity index (χ3v) is 4.83. The number of nitrogen functional groups attached to an aromatic ring is 1. The summed E-state index contributed by atoms with van der Waals surface area (Å²) in [7, 11) is -3.46. The van der Waals surface area contributed by atoms with Crippen LogP contribution in [0.1, 0.15) is 19.3 Å². The van der Waals surface area contributed by atoms with E-state index in [1.165, 1.54) is 24.6 Å². The smallest absolute Gasteiger partial charge is 0.240 e. The molecule has 0 heterocycles. The Hall–Kier alpha value is -0.780. The highest BCUT2D eigenvalue weighted by Gasteiger charge is 2.21. The molecule has 0 bridgehead atoms. The number of halogens is 1. The molecule has 0 spiro atoms. The van der Waals surface area contributed by atoms with E-state index in [-0.39, 0.29) is 10.6 Å². The molecule has 0 radical (unpaired) electrons. The van der Waals surface area contributed by atoms with Gasteiger partial charge in [0, 0.05) is 6.54 Å². The van der Waals surface area contributed by atoms with Crippen molar-refractivity contribution in [2.24, 2.45) is 5.92 Å². The van der Waals surface area contributed by atoms with Crippen molar-refractivity contribution >= 4 is 27.3 Å². The first-order valence-corrected chi connectivity index (χ1v) is 7.40. The molecule has 0 saturated heterocycles. The zero-order chi connectivity index (χ0) is 12.5. The van der Waals surface area contributed by atoms with Crippen LogP contribution in [0.25, 0.3) is 0 Å². The van der Waals surface area contributed by atoms with Crippen molar-refractivity contribution in [3.63, 3.8) is 0 Å². The molecule has 3 N–H and O–H groups in total. The first-order chi connectivity index (χ1) is 7.99. The van der Waals surface area contributed by atoms with E-state index < -0.39 is 10.0 Å². The fraction of sp³-hybridized carbons (Fsp3) is 0.455. The van der Waals surface area contributed by atoms with E-state index in [1.54, 1.807) is 0 Å². The Bertz CT molecular complexity index is 512. The fourth-order valence-electron chi connectivity index (χ4n) is 1.70. The van der Waals surface area contributed by atoms with E-state index in [4.69, 9.17) is 17.3 Å². The topological polar surface area (TPSA) is 72.2 Å². The molecular weight excluding hydrogens is 260 g/mol. The van der Waals surface area contributed by atoms with Crippen LogP contribution in [-0.4, -0.2) is 15.0 Å². The van der Waals surface area contributed by atoms with Gasteiger partial charge in [0.1, 0.15) is 0 Å². The third kappa shape index (κ3) is 2.91. The molecule has 2 rings (SSSR count). The van der Waals surface area contributed by atoms with E-state index in [0.29, 0.717) is 17.5 Å². The summed E-state index contributed by atoms with van der Waals surface area (Å²) in [6.07, 6.45) is 3.40. The van der Waals surface area contributed by atoms with Gasteiger partial charge in [0.25, 0.3) is 0 Å². The monoisotopic (exact) mass is 274 g/mol. The second-order valence-electron chi connectivity index (χ2n) is 4.33. The standard InChI is InChI=1S/C11H15ClN2O2S/c12-10-5-4-9(6-11(10)13)17(15,16)14-7-8-2-1-3-8/h4-6,8,14H,1-3,7,13H2. The van der Waals surface area contributed by atoms with E-state index in [1.807, 2.05) is 0 Å². The van der Waals surface area contributed by atoms with Crippen LogP contribution >= 0.6 is 11.6 Å². The Kier molecular flexibility index (Phi) is 3.61.